The molecule has 1 saturated carbocycles. The Labute approximate surface area is 209 Å². The summed E-state index contributed by atoms with van der Waals surface area (Å²) in [5.74, 6) is 1.34. The van der Waals surface area contributed by atoms with E-state index in [1.165, 1.54) is 9.78 Å². The van der Waals surface area contributed by atoms with Gasteiger partial charge in [0.1, 0.15) is 11.4 Å². The lowest BCUT2D eigenvalue weighted by atomic mass is 9.78. The fraction of sp³-hybridized carbons (Fsp3) is 0.692. The number of carbonyl (C=O) groups is 1. The van der Waals surface area contributed by atoms with Crippen LogP contribution in [0, 0.1) is 0 Å². The van der Waals surface area contributed by atoms with Gasteiger partial charge in [0.15, 0.2) is 7.28 Å². The molecule has 34 heavy (non-hydrogen) atoms. The van der Waals surface area contributed by atoms with Gasteiger partial charge in [-0.05, 0) is 57.3 Å². The fourth-order valence-corrected chi connectivity index (χ4v) is 5.44. The Morgan fingerprint density at radius 3 is 2.29 bits per heavy atom. The maximum Gasteiger partial charge on any atom is 0.410 e. The van der Waals surface area contributed by atoms with Crippen molar-refractivity contribution in [2.75, 3.05) is 13.1 Å². The summed E-state index contributed by atoms with van der Waals surface area (Å²) >= 11 is 1.82. The molecule has 0 aromatic carbocycles. The fourth-order valence-electron chi connectivity index (χ4n) is 4.25. The van der Waals surface area contributed by atoms with E-state index in [1.807, 2.05) is 37.0 Å². The van der Waals surface area contributed by atoms with Crippen LogP contribution >= 0.6 is 11.3 Å². The van der Waals surface area contributed by atoms with E-state index >= 15 is 0 Å². The largest absolute Gasteiger partial charge is 0.444 e. The van der Waals surface area contributed by atoms with E-state index in [1.54, 1.807) is 0 Å². The molecule has 8 heteroatoms. The van der Waals surface area contributed by atoms with Gasteiger partial charge in [-0.2, -0.15) is 0 Å². The van der Waals surface area contributed by atoms with Gasteiger partial charge in [-0.1, -0.05) is 34.5 Å². The SMILES string of the molecule is CBc1sc(C2CCN(C(=O)OC(C)(C)C)CC2)nc1-c1cc(C(C)(C)C)nc(C2(C)CC2)n1. The third kappa shape index (κ3) is 5.47. The van der Waals surface area contributed by atoms with Crippen LogP contribution in [0.15, 0.2) is 6.07 Å². The molecule has 0 atom stereocenters. The summed E-state index contributed by atoms with van der Waals surface area (Å²) < 4.78 is 6.85. The zero-order valence-electron chi connectivity index (χ0n) is 22.1. The quantitative estimate of drug-likeness (QED) is 0.563. The van der Waals surface area contributed by atoms with Crippen LogP contribution in [0.3, 0.4) is 0 Å². The summed E-state index contributed by atoms with van der Waals surface area (Å²) in [5.41, 5.74) is 2.67. The molecule has 2 aliphatic rings. The lowest BCUT2D eigenvalue weighted by molar-refractivity contribution is 0.0205. The number of hydrogen-bond donors (Lipinski definition) is 0. The summed E-state index contributed by atoms with van der Waals surface area (Å²) in [6, 6.07) is 2.15. The molecule has 1 saturated heterocycles. The van der Waals surface area contributed by atoms with Crippen LogP contribution in [0.2, 0.25) is 6.82 Å². The van der Waals surface area contributed by atoms with Crippen LogP contribution in [0.25, 0.3) is 11.4 Å². The summed E-state index contributed by atoms with van der Waals surface area (Å²) in [5, 5.41) is 1.17. The smallest absolute Gasteiger partial charge is 0.410 e. The summed E-state index contributed by atoms with van der Waals surface area (Å²) in [7, 11) is 0.936. The molecule has 0 radical (unpaired) electrons. The van der Waals surface area contributed by atoms with Gasteiger partial charge in [-0.25, -0.2) is 19.7 Å². The van der Waals surface area contributed by atoms with Gasteiger partial charge >= 0.3 is 6.09 Å². The van der Waals surface area contributed by atoms with E-state index in [-0.39, 0.29) is 16.9 Å². The molecule has 184 valence electrons. The van der Waals surface area contributed by atoms with E-state index < -0.39 is 5.60 Å². The topological polar surface area (TPSA) is 68.2 Å². The third-order valence-corrected chi connectivity index (χ3v) is 8.17. The van der Waals surface area contributed by atoms with E-state index in [0.717, 1.165) is 55.9 Å². The highest BCUT2D eigenvalue weighted by atomic mass is 32.1. The van der Waals surface area contributed by atoms with Gasteiger partial charge in [-0.15, -0.1) is 11.3 Å². The van der Waals surface area contributed by atoms with Gasteiger partial charge in [0, 0.05) is 29.8 Å². The second-order valence-electron chi connectivity index (χ2n) is 12.2. The first-order valence-corrected chi connectivity index (χ1v) is 13.5. The maximum atomic E-state index is 12.5. The maximum absolute atomic E-state index is 12.5. The molecule has 2 aromatic heterocycles. The Morgan fingerprint density at radius 2 is 1.76 bits per heavy atom. The molecule has 4 rings (SSSR count). The van der Waals surface area contributed by atoms with Crippen LogP contribution in [0.4, 0.5) is 4.79 Å². The lowest BCUT2D eigenvalue weighted by Crippen LogP contribution is -2.41. The number of rotatable bonds is 4. The number of ether oxygens (including phenoxy) is 1. The Bertz CT molecular complexity index is 1030. The molecule has 1 amide bonds. The number of hydrogen-bond acceptors (Lipinski definition) is 6. The minimum Gasteiger partial charge on any atom is -0.444 e. The lowest BCUT2D eigenvalue weighted by Gasteiger charge is -2.32. The Hall–Kier alpha value is -1.96. The van der Waals surface area contributed by atoms with Crippen molar-refractivity contribution in [2.24, 2.45) is 0 Å². The zero-order valence-corrected chi connectivity index (χ0v) is 22.9. The first-order valence-electron chi connectivity index (χ1n) is 12.7. The monoisotopic (exact) mass is 482 g/mol. The number of carbonyl (C=O) groups excluding carboxylic acids is 1. The Morgan fingerprint density at radius 1 is 1.12 bits per heavy atom. The number of piperidine rings is 1. The van der Waals surface area contributed by atoms with Gasteiger partial charge in [-0.3, -0.25) is 0 Å². The van der Waals surface area contributed by atoms with E-state index in [4.69, 9.17) is 19.7 Å². The second kappa shape index (κ2) is 8.92. The van der Waals surface area contributed by atoms with Gasteiger partial charge in [0.2, 0.25) is 0 Å². The van der Waals surface area contributed by atoms with Crippen molar-refractivity contribution in [3.8, 4) is 11.4 Å². The van der Waals surface area contributed by atoms with Crippen LogP contribution in [0.1, 0.15) is 96.6 Å². The minimum absolute atomic E-state index is 0.0442. The molecule has 2 fully saturated rings. The van der Waals surface area contributed by atoms with Crippen molar-refractivity contribution in [3.63, 3.8) is 0 Å². The molecule has 1 aliphatic carbocycles. The van der Waals surface area contributed by atoms with Crippen LogP contribution in [-0.4, -0.2) is 51.9 Å². The number of likely N-dealkylation sites (tertiary alicyclic amines) is 1. The van der Waals surface area contributed by atoms with Crippen molar-refractivity contribution in [3.05, 3.63) is 22.6 Å². The molecule has 3 heterocycles. The van der Waals surface area contributed by atoms with Crippen LogP contribution in [0.5, 0.6) is 0 Å². The summed E-state index contributed by atoms with van der Waals surface area (Å²) in [4.78, 5) is 29.5. The molecule has 6 nitrogen and oxygen atoms in total. The molecule has 0 N–H and O–H groups in total. The summed E-state index contributed by atoms with van der Waals surface area (Å²) in [6.07, 6.45) is 3.92. The molecular formula is C26H39BN4O2S. The van der Waals surface area contributed by atoms with Gasteiger partial charge in [0.25, 0.3) is 0 Å². The first-order chi connectivity index (χ1) is 15.8. The van der Waals surface area contributed by atoms with Crippen molar-refractivity contribution < 1.29 is 9.53 Å². The average Bonchev–Trinajstić information content (AvgIpc) is 3.36. The van der Waals surface area contributed by atoms with Crippen molar-refractivity contribution in [1.29, 1.82) is 0 Å². The molecule has 0 spiro atoms. The highest BCUT2D eigenvalue weighted by Crippen LogP contribution is 2.46. The van der Waals surface area contributed by atoms with Crippen LogP contribution in [-0.2, 0) is 15.6 Å². The zero-order chi connectivity index (χ0) is 24.9. The highest BCUT2D eigenvalue weighted by Gasteiger charge is 2.43. The predicted molar refractivity (Wildman–Crippen MR) is 141 cm³/mol. The average molecular weight is 483 g/mol. The molecule has 1 aliphatic heterocycles. The third-order valence-electron chi connectivity index (χ3n) is 6.81. The van der Waals surface area contributed by atoms with Gasteiger partial charge in [0.05, 0.1) is 22.1 Å². The molecular weight excluding hydrogens is 443 g/mol. The second-order valence-corrected chi connectivity index (χ2v) is 13.3. The van der Waals surface area contributed by atoms with E-state index in [9.17, 15) is 4.79 Å². The Kier molecular flexibility index (Phi) is 6.60. The number of aromatic nitrogens is 3. The first kappa shape index (κ1) is 25.1. The highest BCUT2D eigenvalue weighted by molar-refractivity contribution is 7.21. The molecule has 0 unspecified atom stereocenters. The van der Waals surface area contributed by atoms with Crippen molar-refractivity contribution in [2.45, 2.75) is 103 Å². The molecule has 0 bridgehead atoms. The van der Waals surface area contributed by atoms with Crippen LogP contribution < -0.4 is 4.78 Å². The van der Waals surface area contributed by atoms with Crippen molar-refractivity contribution in [1.82, 2.24) is 19.9 Å². The van der Waals surface area contributed by atoms with E-state index in [0.29, 0.717) is 19.0 Å². The standard InChI is InChI=1S/C26H39BN4O2S/c1-24(2,3)18-15-17(28-22(29-18)26(7)11-12-26)19-20(27-8)34-21(30-19)16-9-13-31(14-10-16)23(32)33-25(4,5)6/h15-16,27H,9-14H2,1-8H3. The minimum atomic E-state index is -0.464. The van der Waals surface area contributed by atoms with Crippen molar-refractivity contribution >= 4 is 29.5 Å². The van der Waals surface area contributed by atoms with Gasteiger partial charge < -0.3 is 9.64 Å². The number of amides is 1. The molecule has 2 aromatic rings. The number of thiazole rings is 1. The normalized spacial score (nSPS) is 18.6. The number of nitrogens with zero attached hydrogens (tertiary/aromatic N) is 4. The Balaban J connectivity index is 1.58. The predicted octanol–water partition coefficient (Wildman–Crippen LogP) is 5.17. The summed E-state index contributed by atoms with van der Waals surface area (Å²) in [6.45, 7) is 18.2. The van der Waals surface area contributed by atoms with E-state index in [2.05, 4.69) is 40.6 Å².